The van der Waals surface area contributed by atoms with Gasteiger partial charge in [-0.25, -0.2) is 13.1 Å². The van der Waals surface area contributed by atoms with Gasteiger partial charge in [0, 0.05) is 22.8 Å². The molecule has 0 spiro atoms. The van der Waals surface area contributed by atoms with Crippen molar-refractivity contribution in [1.82, 2.24) is 4.72 Å². The van der Waals surface area contributed by atoms with Crippen LogP contribution in [-0.4, -0.2) is 21.4 Å². The molecule has 0 saturated carbocycles. The third kappa shape index (κ3) is 5.35. The first-order valence-corrected chi connectivity index (χ1v) is 10.5. The molecule has 2 N–H and O–H groups in total. The first kappa shape index (κ1) is 20.9. The van der Waals surface area contributed by atoms with E-state index in [1.54, 1.807) is 66.7 Å². The lowest BCUT2D eigenvalue weighted by molar-refractivity contribution is 0.102. The number of carbonyl (C=O) groups is 1. The molecule has 0 fully saturated rings. The van der Waals surface area contributed by atoms with E-state index in [1.807, 2.05) is 0 Å². The van der Waals surface area contributed by atoms with Gasteiger partial charge in [-0.3, -0.25) is 4.79 Å². The maximum absolute atomic E-state index is 12.5. The summed E-state index contributed by atoms with van der Waals surface area (Å²) in [7, 11) is -2.32. The second-order valence-electron chi connectivity index (χ2n) is 6.13. The van der Waals surface area contributed by atoms with Crippen LogP contribution in [0.2, 0.25) is 5.02 Å². The van der Waals surface area contributed by atoms with Crippen molar-refractivity contribution in [1.29, 1.82) is 0 Å². The average Bonchev–Trinajstić information content (AvgIpc) is 2.74. The first-order chi connectivity index (χ1) is 13.9. The monoisotopic (exact) mass is 430 g/mol. The summed E-state index contributed by atoms with van der Waals surface area (Å²) in [4.78, 5) is 12.4. The molecule has 0 atom stereocenters. The van der Waals surface area contributed by atoms with E-state index in [4.69, 9.17) is 16.3 Å². The lowest BCUT2D eigenvalue weighted by atomic mass is 10.1. The molecule has 8 heteroatoms. The van der Waals surface area contributed by atoms with Crippen LogP contribution >= 0.6 is 11.6 Å². The maximum atomic E-state index is 12.5. The SMILES string of the molecule is COc1ccccc1S(=O)(=O)NCc1ccc(C(=O)Nc2ccc(Cl)cc2)cc1. The third-order valence-electron chi connectivity index (χ3n) is 4.14. The number of hydrogen-bond donors (Lipinski definition) is 2. The van der Waals surface area contributed by atoms with E-state index in [1.165, 1.54) is 13.2 Å². The Bertz CT molecular complexity index is 1100. The van der Waals surface area contributed by atoms with Gasteiger partial charge in [0.2, 0.25) is 10.0 Å². The minimum Gasteiger partial charge on any atom is -0.495 e. The van der Waals surface area contributed by atoms with Crippen molar-refractivity contribution in [2.75, 3.05) is 12.4 Å². The fraction of sp³-hybridized carbons (Fsp3) is 0.0952. The molecule has 0 aliphatic rings. The van der Waals surface area contributed by atoms with Crippen LogP contribution in [0.1, 0.15) is 15.9 Å². The molecule has 3 aromatic carbocycles. The highest BCUT2D eigenvalue weighted by Crippen LogP contribution is 2.22. The predicted molar refractivity (Wildman–Crippen MR) is 113 cm³/mol. The molecule has 0 saturated heterocycles. The van der Waals surface area contributed by atoms with Crippen LogP contribution in [0.3, 0.4) is 0 Å². The van der Waals surface area contributed by atoms with E-state index >= 15 is 0 Å². The molecule has 0 bridgehead atoms. The number of anilines is 1. The van der Waals surface area contributed by atoms with Crippen LogP contribution in [-0.2, 0) is 16.6 Å². The number of para-hydroxylation sites is 1. The van der Waals surface area contributed by atoms with Crippen molar-refractivity contribution >= 4 is 33.2 Å². The number of rotatable bonds is 7. The first-order valence-electron chi connectivity index (χ1n) is 8.67. The molecule has 0 radical (unpaired) electrons. The zero-order valence-corrected chi connectivity index (χ0v) is 17.1. The van der Waals surface area contributed by atoms with Gasteiger partial charge in [-0.15, -0.1) is 0 Å². The van der Waals surface area contributed by atoms with Gasteiger partial charge in [0.1, 0.15) is 10.6 Å². The highest BCUT2D eigenvalue weighted by atomic mass is 35.5. The molecule has 0 unspecified atom stereocenters. The summed E-state index contributed by atoms with van der Waals surface area (Å²) in [5.41, 5.74) is 1.80. The summed E-state index contributed by atoms with van der Waals surface area (Å²) in [6, 6.07) is 19.9. The topological polar surface area (TPSA) is 84.5 Å². The van der Waals surface area contributed by atoms with Crippen molar-refractivity contribution in [2.24, 2.45) is 0 Å². The average molecular weight is 431 g/mol. The molecule has 29 heavy (non-hydrogen) atoms. The van der Waals surface area contributed by atoms with Gasteiger partial charge < -0.3 is 10.1 Å². The summed E-state index contributed by atoms with van der Waals surface area (Å²) in [6.45, 7) is 0.0828. The Balaban J connectivity index is 1.64. The summed E-state index contributed by atoms with van der Waals surface area (Å²) >= 11 is 5.83. The largest absolute Gasteiger partial charge is 0.495 e. The van der Waals surface area contributed by atoms with Crippen molar-refractivity contribution in [3.8, 4) is 5.75 Å². The van der Waals surface area contributed by atoms with Crippen LogP contribution in [0, 0.1) is 0 Å². The van der Waals surface area contributed by atoms with Crippen LogP contribution in [0.4, 0.5) is 5.69 Å². The number of benzene rings is 3. The van der Waals surface area contributed by atoms with Gasteiger partial charge >= 0.3 is 0 Å². The second-order valence-corrected chi connectivity index (χ2v) is 8.31. The molecule has 0 aliphatic heterocycles. The van der Waals surface area contributed by atoms with E-state index in [0.717, 1.165) is 0 Å². The molecule has 0 aromatic heterocycles. The Labute approximate surface area is 174 Å². The zero-order valence-electron chi connectivity index (χ0n) is 15.6. The Morgan fingerprint density at radius 2 is 1.62 bits per heavy atom. The summed E-state index contributed by atoms with van der Waals surface area (Å²) < 4.78 is 32.7. The standard InChI is InChI=1S/C21H19ClN2O4S/c1-28-19-4-2-3-5-20(19)29(26,27)23-14-15-6-8-16(9-7-15)21(25)24-18-12-10-17(22)11-13-18/h2-13,23H,14H2,1H3,(H,24,25). The molecular formula is C21H19ClN2O4S. The molecular weight excluding hydrogens is 412 g/mol. The summed E-state index contributed by atoms with van der Waals surface area (Å²) in [5.74, 6) is 0.00249. The van der Waals surface area contributed by atoms with Crippen molar-refractivity contribution in [3.05, 3.63) is 88.9 Å². The smallest absolute Gasteiger partial charge is 0.255 e. The predicted octanol–water partition coefficient (Wildman–Crippen LogP) is 4.08. The molecule has 0 heterocycles. The molecule has 3 rings (SSSR count). The summed E-state index contributed by atoms with van der Waals surface area (Å²) in [5, 5.41) is 3.36. The zero-order chi connectivity index (χ0) is 20.9. The van der Waals surface area contributed by atoms with Gasteiger partial charge in [-0.2, -0.15) is 0 Å². The number of amides is 1. The highest BCUT2D eigenvalue weighted by molar-refractivity contribution is 7.89. The number of nitrogens with one attached hydrogen (secondary N) is 2. The van der Waals surface area contributed by atoms with Crippen molar-refractivity contribution < 1.29 is 17.9 Å². The second kappa shape index (κ2) is 9.09. The number of sulfonamides is 1. The van der Waals surface area contributed by atoms with E-state index in [-0.39, 0.29) is 23.1 Å². The van der Waals surface area contributed by atoms with Crippen LogP contribution in [0.15, 0.2) is 77.7 Å². The number of methoxy groups -OCH3 is 1. The number of ether oxygens (including phenoxy) is 1. The minimum atomic E-state index is -3.74. The third-order valence-corrected chi connectivity index (χ3v) is 5.84. The molecule has 6 nitrogen and oxygen atoms in total. The Morgan fingerprint density at radius 3 is 2.28 bits per heavy atom. The normalized spacial score (nSPS) is 11.1. The molecule has 0 aliphatic carbocycles. The Kier molecular flexibility index (Phi) is 6.53. The Hall–Kier alpha value is -2.87. The highest BCUT2D eigenvalue weighted by Gasteiger charge is 2.18. The lowest BCUT2D eigenvalue weighted by Gasteiger charge is -2.11. The lowest BCUT2D eigenvalue weighted by Crippen LogP contribution is -2.23. The fourth-order valence-electron chi connectivity index (χ4n) is 2.61. The van der Waals surface area contributed by atoms with Gasteiger partial charge in [0.05, 0.1) is 7.11 Å². The van der Waals surface area contributed by atoms with E-state index in [0.29, 0.717) is 21.8 Å². The van der Waals surface area contributed by atoms with Crippen LogP contribution < -0.4 is 14.8 Å². The van der Waals surface area contributed by atoms with Crippen molar-refractivity contribution in [2.45, 2.75) is 11.4 Å². The number of halogens is 1. The minimum absolute atomic E-state index is 0.0708. The molecule has 150 valence electrons. The van der Waals surface area contributed by atoms with Gasteiger partial charge in [-0.1, -0.05) is 35.9 Å². The van der Waals surface area contributed by atoms with Crippen molar-refractivity contribution in [3.63, 3.8) is 0 Å². The number of hydrogen-bond acceptors (Lipinski definition) is 4. The van der Waals surface area contributed by atoms with E-state index in [9.17, 15) is 13.2 Å². The summed E-state index contributed by atoms with van der Waals surface area (Å²) in [6.07, 6.45) is 0. The quantitative estimate of drug-likeness (QED) is 0.591. The van der Waals surface area contributed by atoms with E-state index < -0.39 is 10.0 Å². The fourth-order valence-corrected chi connectivity index (χ4v) is 3.92. The van der Waals surface area contributed by atoms with Gasteiger partial charge in [-0.05, 0) is 54.1 Å². The van der Waals surface area contributed by atoms with Crippen LogP contribution in [0.5, 0.6) is 5.75 Å². The van der Waals surface area contributed by atoms with Gasteiger partial charge in [0.25, 0.3) is 5.91 Å². The molecule has 1 amide bonds. The van der Waals surface area contributed by atoms with Crippen LogP contribution in [0.25, 0.3) is 0 Å². The molecule has 3 aromatic rings. The van der Waals surface area contributed by atoms with E-state index in [2.05, 4.69) is 10.0 Å². The van der Waals surface area contributed by atoms with Gasteiger partial charge in [0.15, 0.2) is 0 Å². The Morgan fingerprint density at radius 1 is 0.966 bits per heavy atom. The number of carbonyl (C=O) groups excluding carboxylic acids is 1. The maximum Gasteiger partial charge on any atom is 0.255 e.